The lowest BCUT2D eigenvalue weighted by Gasteiger charge is -2.61. The number of para-hydroxylation sites is 1. The van der Waals surface area contributed by atoms with E-state index < -0.39 is 0 Å². The SMILES string of the molecule is CCOC1CC(NC(=NC)N2CCc3ccccc32)C12CCC2.I. The highest BCUT2D eigenvalue weighted by Crippen LogP contribution is 2.57. The van der Waals surface area contributed by atoms with E-state index in [1.807, 2.05) is 7.05 Å². The second kappa shape index (κ2) is 7.20. The predicted molar refractivity (Wildman–Crippen MR) is 110 cm³/mol. The Balaban J connectivity index is 0.00000169. The summed E-state index contributed by atoms with van der Waals surface area (Å²) >= 11 is 0. The van der Waals surface area contributed by atoms with Crippen LogP contribution in [0.1, 0.15) is 38.2 Å². The fourth-order valence-electron chi connectivity index (χ4n) is 4.62. The minimum absolute atomic E-state index is 0. The van der Waals surface area contributed by atoms with Gasteiger partial charge in [-0.25, -0.2) is 0 Å². The van der Waals surface area contributed by atoms with E-state index in [1.54, 1.807) is 0 Å². The van der Waals surface area contributed by atoms with Gasteiger partial charge < -0.3 is 15.0 Å². The van der Waals surface area contributed by atoms with Crippen molar-refractivity contribution in [2.75, 3.05) is 25.1 Å². The highest BCUT2D eigenvalue weighted by Gasteiger charge is 2.59. The van der Waals surface area contributed by atoms with Crippen LogP contribution >= 0.6 is 24.0 Å². The molecule has 2 unspecified atom stereocenters. The van der Waals surface area contributed by atoms with Gasteiger partial charge in [0.1, 0.15) is 0 Å². The summed E-state index contributed by atoms with van der Waals surface area (Å²) in [4.78, 5) is 6.92. The van der Waals surface area contributed by atoms with Crippen molar-refractivity contribution < 1.29 is 4.74 Å². The number of hydrogen-bond acceptors (Lipinski definition) is 2. The van der Waals surface area contributed by atoms with Gasteiger partial charge >= 0.3 is 0 Å². The quantitative estimate of drug-likeness (QED) is 0.443. The number of fused-ring (bicyclic) bond motifs is 1. The summed E-state index contributed by atoms with van der Waals surface area (Å²) in [5, 5.41) is 3.76. The van der Waals surface area contributed by atoms with Crippen LogP contribution in [0.2, 0.25) is 0 Å². The number of halogens is 1. The highest BCUT2D eigenvalue weighted by molar-refractivity contribution is 14.0. The highest BCUT2D eigenvalue weighted by atomic mass is 127. The zero-order valence-corrected chi connectivity index (χ0v) is 17.0. The summed E-state index contributed by atoms with van der Waals surface area (Å²) in [6, 6.07) is 9.19. The van der Waals surface area contributed by atoms with E-state index in [2.05, 4.69) is 46.4 Å². The van der Waals surface area contributed by atoms with E-state index in [1.165, 1.54) is 30.5 Å². The number of benzene rings is 1. The Labute approximate surface area is 162 Å². The number of nitrogens with one attached hydrogen (secondary N) is 1. The molecule has 5 heteroatoms. The maximum absolute atomic E-state index is 5.97. The van der Waals surface area contributed by atoms with Gasteiger partial charge in [0.25, 0.3) is 0 Å². The minimum Gasteiger partial charge on any atom is -0.378 e. The molecule has 2 atom stereocenters. The topological polar surface area (TPSA) is 36.9 Å². The van der Waals surface area contributed by atoms with Crippen molar-refractivity contribution in [3.8, 4) is 0 Å². The normalized spacial score (nSPS) is 27.1. The molecule has 1 heterocycles. The Morgan fingerprint density at radius 1 is 1.38 bits per heavy atom. The smallest absolute Gasteiger partial charge is 0.198 e. The van der Waals surface area contributed by atoms with Crippen molar-refractivity contribution in [1.82, 2.24) is 5.32 Å². The van der Waals surface area contributed by atoms with Crippen LogP contribution in [0.15, 0.2) is 29.3 Å². The van der Waals surface area contributed by atoms with Crippen molar-refractivity contribution in [2.45, 2.75) is 51.2 Å². The van der Waals surface area contributed by atoms with Crippen LogP contribution in [0.3, 0.4) is 0 Å². The molecule has 2 saturated carbocycles. The molecule has 0 radical (unpaired) electrons. The fraction of sp³-hybridized carbons (Fsp3) is 0.632. The maximum atomic E-state index is 5.97. The van der Waals surface area contributed by atoms with Crippen LogP contribution in [-0.2, 0) is 11.2 Å². The number of ether oxygens (including phenoxy) is 1. The summed E-state index contributed by atoms with van der Waals surface area (Å²) in [5.41, 5.74) is 3.10. The van der Waals surface area contributed by atoms with Crippen molar-refractivity contribution in [3.63, 3.8) is 0 Å². The third-order valence-electron chi connectivity index (χ3n) is 6.10. The first kappa shape index (κ1) is 18.0. The molecule has 24 heavy (non-hydrogen) atoms. The minimum atomic E-state index is 0. The summed E-state index contributed by atoms with van der Waals surface area (Å²) in [5.74, 6) is 1.03. The zero-order valence-electron chi connectivity index (χ0n) is 14.6. The van der Waals surface area contributed by atoms with Gasteiger partial charge in [0.15, 0.2) is 5.96 Å². The van der Waals surface area contributed by atoms with Crippen molar-refractivity contribution in [2.24, 2.45) is 10.4 Å². The third-order valence-corrected chi connectivity index (χ3v) is 6.10. The molecule has 1 aromatic carbocycles. The molecule has 1 aliphatic heterocycles. The standard InChI is InChI=1S/C19H27N3O.HI/c1-3-23-17-13-16(19(17)10-6-11-19)21-18(20-2)22-12-9-14-7-4-5-8-15(14)22;/h4-5,7-8,16-17H,3,6,9-13H2,1-2H3,(H,20,21);1H. The summed E-state index contributed by atoms with van der Waals surface area (Å²) in [7, 11) is 1.90. The number of anilines is 1. The van der Waals surface area contributed by atoms with Gasteiger partial charge in [0, 0.05) is 37.3 Å². The van der Waals surface area contributed by atoms with Crippen LogP contribution < -0.4 is 10.2 Å². The second-order valence-electron chi connectivity index (χ2n) is 7.04. The number of hydrogen-bond donors (Lipinski definition) is 1. The summed E-state index contributed by atoms with van der Waals surface area (Å²) < 4.78 is 5.97. The van der Waals surface area contributed by atoms with Crippen molar-refractivity contribution >= 4 is 35.6 Å². The average molecular weight is 441 g/mol. The Morgan fingerprint density at radius 2 is 2.17 bits per heavy atom. The third kappa shape index (κ3) is 2.73. The maximum Gasteiger partial charge on any atom is 0.198 e. The Morgan fingerprint density at radius 3 is 2.83 bits per heavy atom. The van der Waals surface area contributed by atoms with E-state index >= 15 is 0 Å². The lowest BCUT2D eigenvalue weighted by atomic mass is 9.51. The van der Waals surface area contributed by atoms with Gasteiger partial charge in [-0.3, -0.25) is 4.99 Å². The van der Waals surface area contributed by atoms with Crippen LogP contribution in [0.5, 0.6) is 0 Å². The van der Waals surface area contributed by atoms with Gasteiger partial charge in [-0.05, 0) is 44.2 Å². The van der Waals surface area contributed by atoms with E-state index in [4.69, 9.17) is 4.74 Å². The van der Waals surface area contributed by atoms with E-state index in [9.17, 15) is 0 Å². The molecule has 4 nitrogen and oxygen atoms in total. The van der Waals surface area contributed by atoms with E-state index in [-0.39, 0.29) is 24.0 Å². The van der Waals surface area contributed by atoms with E-state index in [0.717, 1.165) is 32.0 Å². The Hall–Kier alpha value is -0.820. The van der Waals surface area contributed by atoms with Crippen LogP contribution in [-0.4, -0.2) is 38.3 Å². The zero-order chi connectivity index (χ0) is 15.9. The van der Waals surface area contributed by atoms with Gasteiger partial charge in [-0.1, -0.05) is 24.6 Å². The molecule has 3 aliphatic rings. The number of nitrogens with zero attached hydrogens (tertiary/aromatic N) is 2. The van der Waals surface area contributed by atoms with Crippen molar-refractivity contribution in [1.29, 1.82) is 0 Å². The lowest BCUT2D eigenvalue weighted by Crippen LogP contribution is -2.68. The first-order chi connectivity index (χ1) is 11.3. The number of rotatable bonds is 3. The number of aliphatic imine (C=N–C) groups is 1. The molecule has 0 saturated heterocycles. The monoisotopic (exact) mass is 441 g/mol. The first-order valence-corrected chi connectivity index (χ1v) is 8.99. The molecule has 0 bridgehead atoms. The predicted octanol–water partition coefficient (Wildman–Crippen LogP) is 3.59. The molecule has 4 rings (SSSR count). The molecule has 2 aliphatic carbocycles. The van der Waals surface area contributed by atoms with Crippen LogP contribution in [0, 0.1) is 5.41 Å². The van der Waals surface area contributed by atoms with Gasteiger partial charge in [0.05, 0.1) is 6.10 Å². The number of guanidine groups is 1. The molecule has 0 amide bonds. The molecule has 132 valence electrons. The lowest BCUT2D eigenvalue weighted by molar-refractivity contribution is -0.168. The van der Waals surface area contributed by atoms with Gasteiger partial charge in [-0.2, -0.15) is 0 Å². The van der Waals surface area contributed by atoms with Gasteiger partial charge in [0.2, 0.25) is 0 Å². The second-order valence-corrected chi connectivity index (χ2v) is 7.04. The van der Waals surface area contributed by atoms with Crippen LogP contribution in [0.4, 0.5) is 5.69 Å². The summed E-state index contributed by atoms with van der Waals surface area (Å²) in [6.07, 6.45) is 6.60. The Kier molecular flexibility index (Phi) is 5.39. The molecule has 1 spiro atoms. The summed E-state index contributed by atoms with van der Waals surface area (Å²) in [6.45, 7) is 3.95. The molecule has 1 N–H and O–H groups in total. The largest absolute Gasteiger partial charge is 0.378 e. The first-order valence-electron chi connectivity index (χ1n) is 8.99. The molecular weight excluding hydrogens is 413 g/mol. The van der Waals surface area contributed by atoms with Crippen LogP contribution in [0.25, 0.3) is 0 Å². The molecule has 0 aromatic heterocycles. The van der Waals surface area contributed by atoms with E-state index in [0.29, 0.717) is 17.6 Å². The Bertz CT molecular complexity index is 614. The molecular formula is C19H28IN3O. The average Bonchev–Trinajstić information content (AvgIpc) is 2.93. The van der Waals surface area contributed by atoms with Gasteiger partial charge in [-0.15, -0.1) is 24.0 Å². The molecule has 1 aromatic rings. The van der Waals surface area contributed by atoms with Crippen molar-refractivity contribution in [3.05, 3.63) is 29.8 Å². The fourth-order valence-corrected chi connectivity index (χ4v) is 4.62. The molecule has 2 fully saturated rings.